The second-order valence-corrected chi connectivity index (χ2v) is 11.4. The van der Waals surface area contributed by atoms with Gasteiger partial charge in [0, 0.05) is 42.9 Å². The van der Waals surface area contributed by atoms with E-state index in [9.17, 15) is 0 Å². The number of hydrogen-bond donors (Lipinski definition) is 3. The van der Waals surface area contributed by atoms with E-state index in [0.717, 1.165) is 31.2 Å². The number of nitrogens with two attached hydrogens (primary N) is 1. The van der Waals surface area contributed by atoms with Crippen LogP contribution in [0.1, 0.15) is 122 Å². The number of halogens is 1. The van der Waals surface area contributed by atoms with Gasteiger partial charge in [-0.2, -0.15) is 0 Å². The van der Waals surface area contributed by atoms with Crippen LogP contribution in [0, 0.1) is 6.92 Å². The lowest BCUT2D eigenvalue weighted by Crippen LogP contribution is -2.43. The number of anilines is 1. The average molecular weight is 537 g/mol. The fraction of sp³-hybridized carbons (Fsp3) is 0.812. The van der Waals surface area contributed by atoms with Gasteiger partial charge in [0.05, 0.1) is 0 Å². The van der Waals surface area contributed by atoms with E-state index in [-0.39, 0.29) is 0 Å². The number of rotatable bonds is 6. The topological polar surface area (TPSA) is 53.3 Å². The van der Waals surface area contributed by atoms with Gasteiger partial charge in [0.1, 0.15) is 0 Å². The molecule has 0 bridgehead atoms. The molecule has 0 aromatic heterocycles. The first-order valence-electron chi connectivity index (χ1n) is 15.8. The predicted molar refractivity (Wildman–Crippen MR) is 167 cm³/mol. The van der Waals surface area contributed by atoms with Crippen LogP contribution in [-0.4, -0.2) is 45.3 Å². The molecule has 0 unspecified atom stereocenters. The minimum absolute atomic E-state index is 0.525. The first-order valence-corrected chi connectivity index (χ1v) is 16.1. The van der Waals surface area contributed by atoms with Crippen molar-refractivity contribution in [1.29, 1.82) is 0 Å². The van der Waals surface area contributed by atoms with Crippen molar-refractivity contribution < 1.29 is 0 Å². The number of hydrogen-bond acceptors (Lipinski definition) is 4. The molecule has 4 rings (SSSR count). The van der Waals surface area contributed by atoms with E-state index in [4.69, 9.17) is 17.3 Å². The second kappa shape index (κ2) is 24.2. The molecule has 3 aliphatic rings. The number of aryl methyl sites for hydroxylation is 1. The smallest absolute Gasteiger partial charge is 0.0426 e. The molecule has 0 radical (unpaired) electrons. The molecule has 1 aromatic carbocycles. The minimum Gasteiger partial charge on any atom is -0.369 e. The van der Waals surface area contributed by atoms with Gasteiger partial charge < -0.3 is 21.3 Å². The van der Waals surface area contributed by atoms with Crippen LogP contribution in [-0.2, 0) is 0 Å². The Morgan fingerprint density at radius 1 is 0.757 bits per heavy atom. The predicted octanol–water partition coefficient (Wildman–Crippen LogP) is 8.24. The van der Waals surface area contributed by atoms with Gasteiger partial charge >= 0.3 is 0 Å². The van der Waals surface area contributed by atoms with Crippen LogP contribution in [0.4, 0.5) is 5.69 Å². The van der Waals surface area contributed by atoms with Crippen molar-refractivity contribution in [2.24, 2.45) is 5.73 Å². The normalized spacial score (nSPS) is 18.6. The van der Waals surface area contributed by atoms with Crippen LogP contribution in [0.15, 0.2) is 18.2 Å². The summed E-state index contributed by atoms with van der Waals surface area (Å²) in [6, 6.07) is 6.61. The maximum Gasteiger partial charge on any atom is 0.0426 e. The Kier molecular flexibility index (Phi) is 22.4. The zero-order valence-electron chi connectivity index (χ0n) is 24.8. The monoisotopic (exact) mass is 536 g/mol. The summed E-state index contributed by atoms with van der Waals surface area (Å²) in [6.45, 7) is 13.4. The largest absolute Gasteiger partial charge is 0.369 e. The number of nitrogens with one attached hydrogen (secondary N) is 2. The highest BCUT2D eigenvalue weighted by atomic mass is 35.5. The molecule has 4 N–H and O–H groups in total. The lowest BCUT2D eigenvalue weighted by Gasteiger charge is -2.30. The second-order valence-electron chi connectivity index (χ2n) is 11.0. The maximum absolute atomic E-state index is 5.99. The van der Waals surface area contributed by atoms with Crippen molar-refractivity contribution in [2.75, 3.05) is 44.2 Å². The van der Waals surface area contributed by atoms with E-state index in [1.807, 2.05) is 6.07 Å². The van der Waals surface area contributed by atoms with E-state index in [0.29, 0.717) is 6.04 Å². The first kappa shape index (κ1) is 34.2. The molecular weight excluding hydrogens is 476 g/mol. The molecule has 4 nitrogen and oxygen atoms in total. The van der Waals surface area contributed by atoms with Gasteiger partial charge in [0.2, 0.25) is 0 Å². The van der Waals surface area contributed by atoms with Crippen LogP contribution < -0.4 is 21.3 Å². The SMILES string of the molecule is C1CCCNCC1.CCCCCCCC.Cc1ccc(Cl)cc1N1CCNCC1.NC1CCCCCC1. The molecule has 3 fully saturated rings. The molecule has 1 aliphatic carbocycles. The summed E-state index contributed by atoms with van der Waals surface area (Å²) in [4.78, 5) is 2.39. The molecule has 2 aliphatic heterocycles. The Morgan fingerprint density at radius 2 is 1.27 bits per heavy atom. The summed E-state index contributed by atoms with van der Waals surface area (Å²) in [5.41, 5.74) is 8.31. The molecule has 5 heteroatoms. The Bertz CT molecular complexity index is 600. The fourth-order valence-electron chi connectivity index (χ4n) is 4.97. The summed E-state index contributed by atoms with van der Waals surface area (Å²) >= 11 is 5.99. The number of nitrogens with zero attached hydrogens (tertiary/aromatic N) is 1. The molecule has 1 saturated carbocycles. The lowest BCUT2D eigenvalue weighted by atomic mass is 10.1. The summed E-state index contributed by atoms with van der Waals surface area (Å²) < 4.78 is 0. The van der Waals surface area contributed by atoms with Crippen LogP contribution in [0.3, 0.4) is 0 Å². The van der Waals surface area contributed by atoms with Crippen molar-refractivity contribution in [3.05, 3.63) is 28.8 Å². The number of piperazine rings is 1. The molecule has 2 saturated heterocycles. The Labute approximate surface area is 235 Å². The highest BCUT2D eigenvalue weighted by Crippen LogP contribution is 2.24. The number of benzene rings is 1. The molecule has 0 amide bonds. The summed E-state index contributed by atoms with van der Waals surface area (Å²) in [7, 11) is 0. The van der Waals surface area contributed by atoms with E-state index in [1.165, 1.54) is 127 Å². The molecule has 0 atom stereocenters. The summed E-state index contributed by atoms with van der Waals surface area (Å²) in [6.07, 6.45) is 22.2. The van der Waals surface area contributed by atoms with Crippen LogP contribution in [0.25, 0.3) is 0 Å². The highest BCUT2D eigenvalue weighted by Gasteiger charge is 2.12. The zero-order chi connectivity index (χ0) is 27.0. The molecule has 1 aromatic rings. The molecule has 216 valence electrons. The summed E-state index contributed by atoms with van der Waals surface area (Å²) in [5.74, 6) is 0. The average Bonchev–Trinajstić information content (AvgIpc) is 3.37. The van der Waals surface area contributed by atoms with Crippen LogP contribution >= 0.6 is 11.6 Å². The third-order valence-corrected chi connectivity index (χ3v) is 7.68. The van der Waals surface area contributed by atoms with Gasteiger partial charge in [-0.15, -0.1) is 0 Å². The standard InChI is InChI=1S/C11H15ClN2.C8H18.C7H15N.C6H13N/c1-9-2-3-10(12)8-11(9)14-6-4-13-5-7-14;1-3-5-7-8-6-4-2;8-7-5-3-1-2-4-6-7;1-2-4-6-7-5-3-1/h2-3,8,13H,4-7H2,1H3;3-8H2,1-2H3;7H,1-6,8H2;7H,1-6H2. The lowest BCUT2D eigenvalue weighted by molar-refractivity contribution is 0.583. The van der Waals surface area contributed by atoms with Crippen molar-refractivity contribution in [2.45, 2.75) is 130 Å². The molecule has 2 heterocycles. The molecule has 37 heavy (non-hydrogen) atoms. The van der Waals surface area contributed by atoms with Crippen LogP contribution in [0.2, 0.25) is 5.02 Å². The van der Waals surface area contributed by atoms with Gasteiger partial charge in [-0.3, -0.25) is 0 Å². The van der Waals surface area contributed by atoms with Gasteiger partial charge in [0.15, 0.2) is 0 Å². The van der Waals surface area contributed by atoms with Gasteiger partial charge in [-0.1, -0.05) is 109 Å². The third kappa shape index (κ3) is 19.0. The van der Waals surface area contributed by atoms with Gasteiger partial charge in [-0.25, -0.2) is 0 Å². The Balaban J connectivity index is 0.000000260. The highest BCUT2D eigenvalue weighted by molar-refractivity contribution is 6.30. The van der Waals surface area contributed by atoms with Gasteiger partial charge in [0.25, 0.3) is 0 Å². The molecular formula is C32H61ClN4. The quantitative estimate of drug-likeness (QED) is 0.253. The maximum atomic E-state index is 5.99. The minimum atomic E-state index is 0.525. The van der Waals surface area contributed by atoms with E-state index < -0.39 is 0 Å². The van der Waals surface area contributed by atoms with Crippen molar-refractivity contribution in [1.82, 2.24) is 10.6 Å². The third-order valence-electron chi connectivity index (χ3n) is 7.44. The first-order chi connectivity index (χ1) is 18.1. The van der Waals surface area contributed by atoms with E-state index >= 15 is 0 Å². The van der Waals surface area contributed by atoms with E-state index in [2.05, 4.69) is 48.4 Å². The zero-order valence-corrected chi connectivity index (χ0v) is 25.5. The summed E-state index contributed by atoms with van der Waals surface area (Å²) in [5, 5.41) is 7.51. The fourth-order valence-corrected chi connectivity index (χ4v) is 5.14. The van der Waals surface area contributed by atoms with Crippen molar-refractivity contribution in [3.8, 4) is 0 Å². The van der Waals surface area contributed by atoms with Gasteiger partial charge in [-0.05, 0) is 63.4 Å². The Morgan fingerprint density at radius 3 is 1.81 bits per heavy atom. The van der Waals surface area contributed by atoms with Crippen LogP contribution in [0.5, 0.6) is 0 Å². The van der Waals surface area contributed by atoms with Crippen molar-refractivity contribution in [3.63, 3.8) is 0 Å². The molecule has 0 spiro atoms. The van der Waals surface area contributed by atoms with E-state index in [1.54, 1.807) is 0 Å². The Hall–Kier alpha value is -0.810. The van der Waals surface area contributed by atoms with Crippen molar-refractivity contribution >= 4 is 17.3 Å². The number of unbranched alkanes of at least 4 members (excludes halogenated alkanes) is 5.